The second kappa shape index (κ2) is 8.42. The zero-order valence-corrected chi connectivity index (χ0v) is 15.9. The van der Waals surface area contributed by atoms with Crippen molar-refractivity contribution in [1.29, 1.82) is 0 Å². The van der Waals surface area contributed by atoms with Crippen LogP contribution in [0.2, 0.25) is 0 Å². The van der Waals surface area contributed by atoms with Gasteiger partial charge in [0.2, 0.25) is 5.91 Å². The van der Waals surface area contributed by atoms with E-state index < -0.39 is 23.8 Å². The number of nitrogens with zero attached hydrogens (tertiary/aromatic N) is 1. The first-order valence-corrected chi connectivity index (χ1v) is 8.95. The van der Waals surface area contributed by atoms with Crippen molar-refractivity contribution < 1.29 is 24.2 Å². The summed E-state index contributed by atoms with van der Waals surface area (Å²) in [6.07, 6.45) is 0. The van der Waals surface area contributed by atoms with E-state index in [0.717, 1.165) is 0 Å². The van der Waals surface area contributed by atoms with Gasteiger partial charge in [0.05, 0.1) is 23.4 Å². The molecule has 9 nitrogen and oxygen atoms in total. The van der Waals surface area contributed by atoms with Gasteiger partial charge >= 0.3 is 5.97 Å². The van der Waals surface area contributed by atoms with Crippen LogP contribution in [0.4, 0.5) is 5.69 Å². The lowest BCUT2D eigenvalue weighted by atomic mass is 10.1. The molecule has 0 radical (unpaired) electrons. The molecule has 150 valence electrons. The van der Waals surface area contributed by atoms with E-state index in [9.17, 15) is 19.5 Å². The predicted molar refractivity (Wildman–Crippen MR) is 106 cm³/mol. The summed E-state index contributed by atoms with van der Waals surface area (Å²) in [5, 5.41) is 22.5. The summed E-state index contributed by atoms with van der Waals surface area (Å²) >= 11 is 0. The molecular weight excluding hydrogens is 376 g/mol. The molecule has 0 bridgehead atoms. The molecule has 1 atom stereocenters. The molecule has 3 aromatic rings. The van der Waals surface area contributed by atoms with E-state index in [2.05, 4.69) is 20.8 Å². The summed E-state index contributed by atoms with van der Waals surface area (Å²) in [7, 11) is 0. The van der Waals surface area contributed by atoms with Crippen molar-refractivity contribution in [2.75, 3.05) is 11.9 Å². The zero-order valence-electron chi connectivity index (χ0n) is 15.9. The topological polar surface area (TPSA) is 133 Å². The number of anilines is 1. The number of phenols is 1. The SMILES string of the molecule is CCOC(=O)c1ccc(NC(=O)C(C)NC(=O)c2n[nH]c3ccccc23)c(O)c1. The molecule has 0 spiro atoms. The summed E-state index contributed by atoms with van der Waals surface area (Å²) < 4.78 is 4.86. The first kappa shape index (κ1) is 19.9. The van der Waals surface area contributed by atoms with Crippen LogP contribution >= 0.6 is 0 Å². The summed E-state index contributed by atoms with van der Waals surface area (Å²) in [4.78, 5) is 36.5. The van der Waals surface area contributed by atoms with Crippen LogP contribution in [0.3, 0.4) is 0 Å². The van der Waals surface area contributed by atoms with Gasteiger partial charge in [0.1, 0.15) is 11.8 Å². The Labute approximate surface area is 166 Å². The lowest BCUT2D eigenvalue weighted by Gasteiger charge is -2.14. The molecule has 1 unspecified atom stereocenters. The van der Waals surface area contributed by atoms with E-state index in [1.165, 1.54) is 25.1 Å². The van der Waals surface area contributed by atoms with Gasteiger partial charge in [-0.05, 0) is 38.1 Å². The van der Waals surface area contributed by atoms with Gasteiger partial charge in [0, 0.05) is 5.39 Å². The Morgan fingerprint density at radius 2 is 1.97 bits per heavy atom. The average Bonchev–Trinajstić information content (AvgIpc) is 3.13. The van der Waals surface area contributed by atoms with Crippen LogP contribution < -0.4 is 10.6 Å². The standard InChI is InChI=1S/C20H20N4O5/c1-3-29-20(28)12-8-9-15(16(25)10-12)22-18(26)11(2)21-19(27)17-13-6-4-5-7-14(13)23-24-17/h4-11,25H,3H2,1-2H3,(H,21,27)(H,22,26)(H,23,24). The first-order chi connectivity index (χ1) is 13.9. The number of aromatic hydroxyl groups is 1. The second-order valence-corrected chi connectivity index (χ2v) is 6.25. The van der Waals surface area contributed by atoms with Gasteiger partial charge < -0.3 is 20.5 Å². The van der Waals surface area contributed by atoms with Crippen molar-refractivity contribution in [3.8, 4) is 5.75 Å². The molecule has 1 aromatic heterocycles. The Bertz CT molecular complexity index is 1080. The number of fused-ring (bicyclic) bond motifs is 1. The molecule has 2 aromatic carbocycles. The zero-order chi connectivity index (χ0) is 21.0. The molecule has 9 heteroatoms. The monoisotopic (exact) mass is 396 g/mol. The van der Waals surface area contributed by atoms with E-state index in [0.29, 0.717) is 10.9 Å². The molecule has 1 heterocycles. The quantitative estimate of drug-likeness (QED) is 0.373. The summed E-state index contributed by atoms with van der Waals surface area (Å²) in [6.45, 7) is 3.39. The number of hydrogen-bond acceptors (Lipinski definition) is 6. The number of aromatic amines is 1. The summed E-state index contributed by atoms with van der Waals surface area (Å²) in [5.41, 5.74) is 1.16. The van der Waals surface area contributed by atoms with Crippen molar-refractivity contribution >= 4 is 34.4 Å². The van der Waals surface area contributed by atoms with E-state index >= 15 is 0 Å². The third-order valence-electron chi connectivity index (χ3n) is 4.19. The molecular formula is C20H20N4O5. The molecule has 4 N–H and O–H groups in total. The third kappa shape index (κ3) is 4.34. The van der Waals surface area contributed by atoms with Crippen molar-refractivity contribution in [3.63, 3.8) is 0 Å². The highest BCUT2D eigenvalue weighted by molar-refractivity contribution is 6.07. The van der Waals surface area contributed by atoms with Crippen molar-refractivity contribution in [2.45, 2.75) is 19.9 Å². The second-order valence-electron chi connectivity index (χ2n) is 6.25. The van der Waals surface area contributed by atoms with Gasteiger partial charge in [-0.15, -0.1) is 0 Å². The number of ether oxygens (including phenoxy) is 1. The fourth-order valence-electron chi connectivity index (χ4n) is 2.69. The largest absolute Gasteiger partial charge is 0.506 e. The molecule has 0 fully saturated rings. The number of carbonyl (C=O) groups is 3. The fourth-order valence-corrected chi connectivity index (χ4v) is 2.69. The van der Waals surface area contributed by atoms with E-state index in [1.54, 1.807) is 25.1 Å². The van der Waals surface area contributed by atoms with Gasteiger partial charge in [-0.25, -0.2) is 4.79 Å². The van der Waals surface area contributed by atoms with Gasteiger partial charge in [-0.1, -0.05) is 18.2 Å². The number of esters is 1. The van der Waals surface area contributed by atoms with Crippen LogP contribution in [0, 0.1) is 0 Å². The van der Waals surface area contributed by atoms with Crippen molar-refractivity contribution in [1.82, 2.24) is 15.5 Å². The minimum absolute atomic E-state index is 0.106. The van der Waals surface area contributed by atoms with E-state index in [1.807, 2.05) is 6.07 Å². The lowest BCUT2D eigenvalue weighted by molar-refractivity contribution is -0.117. The van der Waals surface area contributed by atoms with Crippen LogP contribution in [0.5, 0.6) is 5.75 Å². The maximum Gasteiger partial charge on any atom is 0.338 e. The smallest absolute Gasteiger partial charge is 0.338 e. The van der Waals surface area contributed by atoms with Crippen molar-refractivity contribution in [3.05, 3.63) is 53.7 Å². The molecule has 0 aliphatic carbocycles. The number of aromatic nitrogens is 2. The maximum absolute atomic E-state index is 12.5. The Morgan fingerprint density at radius 3 is 2.69 bits per heavy atom. The fraction of sp³-hybridized carbons (Fsp3) is 0.200. The predicted octanol–water partition coefficient (Wildman–Crippen LogP) is 2.20. The van der Waals surface area contributed by atoms with Crippen molar-refractivity contribution in [2.24, 2.45) is 0 Å². The molecule has 0 saturated carbocycles. The normalized spacial score (nSPS) is 11.7. The van der Waals surface area contributed by atoms with Crippen LogP contribution in [-0.2, 0) is 9.53 Å². The number of carbonyl (C=O) groups excluding carboxylic acids is 3. The number of rotatable bonds is 6. The van der Waals surface area contributed by atoms with Crippen LogP contribution in [-0.4, -0.2) is 45.7 Å². The maximum atomic E-state index is 12.5. The number of phenolic OH excluding ortho intramolecular Hbond substituents is 1. The number of hydrogen-bond donors (Lipinski definition) is 4. The van der Waals surface area contributed by atoms with Gasteiger partial charge in [-0.3, -0.25) is 14.7 Å². The van der Waals surface area contributed by atoms with E-state index in [4.69, 9.17) is 4.74 Å². The Balaban J connectivity index is 1.66. The number of H-pyrrole nitrogens is 1. The highest BCUT2D eigenvalue weighted by Gasteiger charge is 2.21. The molecule has 0 aliphatic heterocycles. The van der Waals surface area contributed by atoms with Crippen LogP contribution in [0.25, 0.3) is 10.9 Å². The third-order valence-corrected chi connectivity index (χ3v) is 4.19. The van der Waals surface area contributed by atoms with Crippen LogP contribution in [0.1, 0.15) is 34.7 Å². The Hall–Kier alpha value is -3.88. The minimum Gasteiger partial charge on any atom is -0.506 e. The lowest BCUT2D eigenvalue weighted by Crippen LogP contribution is -2.41. The van der Waals surface area contributed by atoms with E-state index in [-0.39, 0.29) is 29.3 Å². The molecule has 29 heavy (non-hydrogen) atoms. The number of amides is 2. The van der Waals surface area contributed by atoms with Gasteiger partial charge in [0.25, 0.3) is 5.91 Å². The first-order valence-electron chi connectivity index (χ1n) is 8.95. The molecule has 3 rings (SSSR count). The van der Waals surface area contributed by atoms with Gasteiger partial charge in [-0.2, -0.15) is 5.10 Å². The molecule has 0 saturated heterocycles. The number of benzene rings is 2. The molecule has 0 aliphatic rings. The van der Waals surface area contributed by atoms with Crippen LogP contribution in [0.15, 0.2) is 42.5 Å². The highest BCUT2D eigenvalue weighted by Crippen LogP contribution is 2.25. The highest BCUT2D eigenvalue weighted by atomic mass is 16.5. The van der Waals surface area contributed by atoms with Gasteiger partial charge in [0.15, 0.2) is 5.69 Å². The number of para-hydroxylation sites is 1. The number of nitrogens with one attached hydrogen (secondary N) is 3. The summed E-state index contributed by atoms with van der Waals surface area (Å²) in [6, 6.07) is 10.3. The minimum atomic E-state index is -0.901. The Kier molecular flexibility index (Phi) is 5.77. The molecule has 2 amide bonds. The average molecular weight is 396 g/mol. The Morgan fingerprint density at radius 1 is 1.21 bits per heavy atom. The summed E-state index contributed by atoms with van der Waals surface area (Å²) in [5.74, 6) is -1.92.